The first-order valence-corrected chi connectivity index (χ1v) is 15.9. The number of methoxy groups -OCH3 is 1. The molecule has 0 saturated carbocycles. The first-order chi connectivity index (χ1) is 22.6. The van der Waals surface area contributed by atoms with Crippen LogP contribution in [0.2, 0.25) is 0 Å². The number of fused-ring (bicyclic) bond motifs is 2. The highest BCUT2D eigenvalue weighted by Crippen LogP contribution is 2.41. The zero-order chi connectivity index (χ0) is 33.0. The van der Waals surface area contributed by atoms with E-state index in [1.54, 1.807) is 61.7 Å². The topological polar surface area (TPSA) is 93.2 Å². The SMILES string of the molecule is COc1ccc(C(C)(I)c2ccc(Oc3ccc4c(c3)C(=O)N(c3cccc(N5C(=O)c6ccc(C)cc6C5=O)c3)C4=O)cc2)cc1. The van der Waals surface area contributed by atoms with Crippen molar-refractivity contribution >= 4 is 57.6 Å². The third-order valence-electron chi connectivity index (χ3n) is 8.51. The fourth-order valence-corrected chi connectivity index (χ4v) is 6.64. The van der Waals surface area contributed by atoms with Gasteiger partial charge in [-0.05, 0) is 97.8 Å². The number of nitrogens with zero attached hydrogens (tertiary/aromatic N) is 2. The minimum Gasteiger partial charge on any atom is -0.497 e. The molecule has 8 nitrogen and oxygen atoms in total. The molecule has 7 rings (SSSR count). The molecule has 0 aliphatic carbocycles. The largest absolute Gasteiger partial charge is 0.497 e. The van der Waals surface area contributed by atoms with Gasteiger partial charge in [0.05, 0.1) is 44.2 Å². The van der Waals surface area contributed by atoms with Crippen molar-refractivity contribution in [3.05, 3.63) is 148 Å². The summed E-state index contributed by atoms with van der Waals surface area (Å²) in [4.78, 5) is 55.5. The van der Waals surface area contributed by atoms with Gasteiger partial charge in [0.2, 0.25) is 0 Å². The second kappa shape index (κ2) is 11.5. The molecule has 232 valence electrons. The summed E-state index contributed by atoms with van der Waals surface area (Å²) in [7, 11) is 1.64. The Balaban J connectivity index is 1.10. The average Bonchev–Trinajstić information content (AvgIpc) is 3.47. The summed E-state index contributed by atoms with van der Waals surface area (Å²) in [6.07, 6.45) is 0. The maximum Gasteiger partial charge on any atom is 0.266 e. The number of anilines is 2. The summed E-state index contributed by atoms with van der Waals surface area (Å²) < 4.78 is 11.1. The molecule has 2 aliphatic rings. The van der Waals surface area contributed by atoms with Crippen LogP contribution in [-0.2, 0) is 3.42 Å². The van der Waals surface area contributed by atoms with Crippen molar-refractivity contribution in [2.45, 2.75) is 17.3 Å². The minimum atomic E-state index is -0.527. The summed E-state index contributed by atoms with van der Waals surface area (Å²) >= 11 is 2.42. The Labute approximate surface area is 284 Å². The van der Waals surface area contributed by atoms with Crippen molar-refractivity contribution in [2.75, 3.05) is 16.9 Å². The van der Waals surface area contributed by atoms with E-state index in [1.807, 2.05) is 55.5 Å². The molecule has 2 aliphatic heterocycles. The van der Waals surface area contributed by atoms with E-state index in [0.717, 1.165) is 32.2 Å². The molecule has 0 fully saturated rings. The summed E-state index contributed by atoms with van der Waals surface area (Å²) in [5, 5.41) is 0. The van der Waals surface area contributed by atoms with Crippen molar-refractivity contribution in [3.63, 3.8) is 0 Å². The second-order valence-corrected chi connectivity index (χ2v) is 13.7. The van der Waals surface area contributed by atoms with E-state index in [9.17, 15) is 19.2 Å². The molecule has 0 spiro atoms. The van der Waals surface area contributed by atoms with Gasteiger partial charge in [-0.3, -0.25) is 19.2 Å². The molecule has 1 atom stereocenters. The van der Waals surface area contributed by atoms with Crippen LogP contribution < -0.4 is 19.3 Å². The van der Waals surface area contributed by atoms with E-state index in [0.29, 0.717) is 22.6 Å². The quantitative estimate of drug-likeness (QED) is 0.0954. The zero-order valence-corrected chi connectivity index (χ0v) is 27.8. The molecule has 4 amide bonds. The van der Waals surface area contributed by atoms with Crippen LogP contribution in [-0.4, -0.2) is 30.7 Å². The normalized spacial score (nSPS) is 15.1. The van der Waals surface area contributed by atoms with Crippen LogP contribution in [0.3, 0.4) is 0 Å². The lowest BCUT2D eigenvalue weighted by atomic mass is 9.93. The van der Waals surface area contributed by atoms with Crippen LogP contribution in [0.25, 0.3) is 0 Å². The highest BCUT2D eigenvalue weighted by Gasteiger charge is 2.40. The monoisotopic (exact) mass is 734 g/mol. The van der Waals surface area contributed by atoms with Crippen molar-refractivity contribution in [1.29, 1.82) is 0 Å². The predicted octanol–water partition coefficient (Wildman–Crippen LogP) is 8.10. The van der Waals surface area contributed by atoms with E-state index in [2.05, 4.69) is 29.5 Å². The third-order valence-corrected chi connectivity index (χ3v) is 9.76. The molecule has 0 radical (unpaired) electrons. The van der Waals surface area contributed by atoms with Gasteiger partial charge >= 0.3 is 0 Å². The molecule has 5 aromatic carbocycles. The molecule has 2 heterocycles. The Morgan fingerprint density at radius 2 is 1.02 bits per heavy atom. The maximum atomic E-state index is 13.6. The van der Waals surface area contributed by atoms with E-state index < -0.39 is 23.6 Å². The van der Waals surface area contributed by atoms with Gasteiger partial charge in [-0.1, -0.05) is 64.6 Å². The van der Waals surface area contributed by atoms with Gasteiger partial charge in [-0.2, -0.15) is 0 Å². The average molecular weight is 735 g/mol. The number of imide groups is 2. The second-order valence-electron chi connectivity index (χ2n) is 11.5. The van der Waals surface area contributed by atoms with Crippen LogP contribution in [0.4, 0.5) is 11.4 Å². The van der Waals surface area contributed by atoms with Crippen molar-refractivity contribution in [3.8, 4) is 17.2 Å². The van der Waals surface area contributed by atoms with Gasteiger partial charge in [-0.25, -0.2) is 9.80 Å². The third kappa shape index (κ3) is 5.16. The van der Waals surface area contributed by atoms with Gasteiger partial charge in [0, 0.05) is 0 Å². The molecular formula is C38H27IN2O6. The van der Waals surface area contributed by atoms with E-state index in [-0.39, 0.29) is 25.9 Å². The number of halogens is 1. The molecular weight excluding hydrogens is 707 g/mol. The molecule has 9 heteroatoms. The first-order valence-electron chi connectivity index (χ1n) is 14.8. The number of carbonyl (C=O) groups is 4. The van der Waals surface area contributed by atoms with Crippen LogP contribution in [0.1, 0.15) is 65.0 Å². The number of hydrogen-bond acceptors (Lipinski definition) is 6. The fraction of sp³-hybridized carbons (Fsp3) is 0.105. The number of ether oxygens (including phenoxy) is 2. The lowest BCUT2D eigenvalue weighted by Gasteiger charge is -2.24. The predicted molar refractivity (Wildman–Crippen MR) is 186 cm³/mol. The summed E-state index contributed by atoms with van der Waals surface area (Å²) in [5.41, 5.74) is 4.66. The Bertz CT molecular complexity index is 2120. The minimum absolute atomic E-state index is 0.199. The van der Waals surface area contributed by atoms with E-state index in [4.69, 9.17) is 9.47 Å². The number of alkyl halides is 1. The van der Waals surface area contributed by atoms with E-state index in [1.165, 1.54) is 6.07 Å². The lowest BCUT2D eigenvalue weighted by molar-refractivity contribution is 0.0912. The fourth-order valence-electron chi connectivity index (χ4n) is 5.92. The summed E-state index contributed by atoms with van der Waals surface area (Å²) in [6, 6.07) is 31.9. The van der Waals surface area contributed by atoms with Crippen LogP contribution in [0, 0.1) is 6.92 Å². The molecule has 47 heavy (non-hydrogen) atoms. The highest BCUT2D eigenvalue weighted by molar-refractivity contribution is 14.1. The standard InChI is InChI=1S/C38H27IN2O6/c1-22-7-17-30-32(19-22)36(44)40(34(30)42)25-5-4-6-26(20-25)41-35(43)31-18-16-29(21-33(31)37(41)45)47-28-14-10-24(11-15-28)38(2,39)23-8-12-27(46-3)13-9-23/h4-21H,1-3H3. The summed E-state index contributed by atoms with van der Waals surface area (Å²) in [5.74, 6) is -0.158. The molecule has 0 saturated heterocycles. The smallest absolute Gasteiger partial charge is 0.266 e. The zero-order valence-electron chi connectivity index (χ0n) is 25.6. The van der Waals surface area contributed by atoms with E-state index >= 15 is 0 Å². The van der Waals surface area contributed by atoms with Crippen LogP contribution >= 0.6 is 22.6 Å². The molecule has 5 aromatic rings. The molecule has 0 aromatic heterocycles. The van der Waals surface area contributed by atoms with Crippen molar-refractivity contribution in [1.82, 2.24) is 0 Å². The lowest BCUT2D eigenvalue weighted by Crippen LogP contribution is -2.31. The van der Waals surface area contributed by atoms with Crippen molar-refractivity contribution < 1.29 is 28.7 Å². The number of benzene rings is 5. The number of aryl methyl sites for hydroxylation is 1. The Kier molecular flexibility index (Phi) is 7.43. The Morgan fingerprint density at radius 1 is 0.553 bits per heavy atom. The van der Waals surface area contributed by atoms with Crippen LogP contribution in [0.5, 0.6) is 17.2 Å². The van der Waals surface area contributed by atoms with Gasteiger partial charge in [0.15, 0.2) is 0 Å². The Morgan fingerprint density at radius 3 is 1.57 bits per heavy atom. The van der Waals surface area contributed by atoms with Crippen molar-refractivity contribution in [2.24, 2.45) is 0 Å². The Hall–Kier alpha value is -5.29. The van der Waals surface area contributed by atoms with Gasteiger partial charge < -0.3 is 9.47 Å². The first kappa shape index (κ1) is 30.4. The number of amides is 4. The summed E-state index contributed by atoms with van der Waals surface area (Å²) in [6.45, 7) is 3.98. The number of carbonyl (C=O) groups excluding carboxylic acids is 4. The van der Waals surface area contributed by atoms with Gasteiger partial charge in [0.25, 0.3) is 23.6 Å². The molecule has 0 bridgehead atoms. The van der Waals surface area contributed by atoms with Crippen LogP contribution in [0.15, 0.2) is 109 Å². The number of hydrogen-bond donors (Lipinski definition) is 0. The molecule has 0 N–H and O–H groups in total. The highest BCUT2D eigenvalue weighted by atomic mass is 127. The van der Waals surface area contributed by atoms with Gasteiger partial charge in [-0.15, -0.1) is 0 Å². The molecule has 1 unspecified atom stereocenters. The van der Waals surface area contributed by atoms with Gasteiger partial charge in [0.1, 0.15) is 17.2 Å². The maximum absolute atomic E-state index is 13.6. The number of rotatable bonds is 7.